The van der Waals surface area contributed by atoms with Crippen molar-refractivity contribution in [1.82, 2.24) is 5.32 Å². The van der Waals surface area contributed by atoms with Crippen LogP contribution >= 0.6 is 0 Å². The van der Waals surface area contributed by atoms with Gasteiger partial charge in [0.25, 0.3) is 0 Å². The Kier molecular flexibility index (Phi) is 3.05. The largest absolute Gasteiger partial charge is 0.489 e. The molecular formula is C15H21NO3. The number of hydrogen-bond acceptors (Lipinski definition) is 4. The first-order valence-corrected chi connectivity index (χ1v) is 6.84. The van der Waals surface area contributed by atoms with Crippen molar-refractivity contribution in [2.24, 2.45) is 5.41 Å². The average Bonchev–Trinajstić information content (AvgIpc) is 2.93. The van der Waals surface area contributed by atoms with Gasteiger partial charge in [0.05, 0.1) is 0 Å². The normalized spacial score (nSPS) is 27.5. The summed E-state index contributed by atoms with van der Waals surface area (Å²) in [5.41, 5.74) is 0.274. The molecule has 0 amide bonds. The van der Waals surface area contributed by atoms with Gasteiger partial charge in [0.2, 0.25) is 6.79 Å². The molecule has 0 aromatic heterocycles. The van der Waals surface area contributed by atoms with Crippen LogP contribution in [-0.2, 0) is 0 Å². The fraction of sp³-hybridized carbons (Fsp3) is 0.600. The van der Waals surface area contributed by atoms with Crippen LogP contribution in [0, 0.1) is 5.41 Å². The van der Waals surface area contributed by atoms with E-state index in [0.29, 0.717) is 12.8 Å². The zero-order chi connectivity index (χ0) is 13.5. The van der Waals surface area contributed by atoms with Crippen LogP contribution in [0.25, 0.3) is 0 Å². The lowest BCUT2D eigenvalue weighted by molar-refractivity contribution is 0.145. The van der Waals surface area contributed by atoms with Gasteiger partial charge >= 0.3 is 0 Å². The van der Waals surface area contributed by atoms with Crippen LogP contribution in [0.1, 0.15) is 26.7 Å². The predicted octanol–water partition coefficient (Wildman–Crippen LogP) is 2.57. The molecule has 4 nitrogen and oxygen atoms in total. The molecule has 1 fully saturated rings. The maximum Gasteiger partial charge on any atom is 0.231 e. The molecule has 4 heteroatoms. The van der Waals surface area contributed by atoms with Crippen LogP contribution in [0.2, 0.25) is 0 Å². The molecule has 2 aliphatic rings. The standard InChI is InChI=1S/C15H21NO3/c1-15(2)7-6-12(14(15)16-3)19-10-4-5-11-13(8-10)18-9-17-11/h4-5,8,12,14,16H,6-7,9H2,1-3H3. The summed E-state index contributed by atoms with van der Waals surface area (Å²) in [6.07, 6.45) is 2.46. The summed E-state index contributed by atoms with van der Waals surface area (Å²) in [6, 6.07) is 6.15. The number of rotatable bonds is 3. The zero-order valence-electron chi connectivity index (χ0n) is 11.7. The third-order valence-corrected chi connectivity index (χ3v) is 4.23. The first-order valence-electron chi connectivity index (χ1n) is 6.84. The smallest absolute Gasteiger partial charge is 0.231 e. The highest BCUT2D eigenvalue weighted by Crippen LogP contribution is 2.41. The van der Waals surface area contributed by atoms with E-state index >= 15 is 0 Å². The summed E-state index contributed by atoms with van der Waals surface area (Å²) in [5.74, 6) is 2.42. The molecule has 0 radical (unpaired) electrons. The van der Waals surface area contributed by atoms with Crippen molar-refractivity contribution in [3.63, 3.8) is 0 Å². The molecule has 2 atom stereocenters. The highest BCUT2D eigenvalue weighted by Gasteiger charge is 2.42. The molecule has 0 bridgehead atoms. The van der Waals surface area contributed by atoms with Crippen LogP contribution in [-0.4, -0.2) is 26.0 Å². The van der Waals surface area contributed by atoms with Crippen molar-refractivity contribution in [1.29, 1.82) is 0 Å². The Hall–Kier alpha value is -1.42. The minimum absolute atomic E-state index is 0.209. The van der Waals surface area contributed by atoms with Crippen LogP contribution in [0.3, 0.4) is 0 Å². The molecule has 1 aromatic carbocycles. The van der Waals surface area contributed by atoms with Gasteiger partial charge in [0, 0.05) is 12.1 Å². The predicted molar refractivity (Wildman–Crippen MR) is 72.8 cm³/mol. The second kappa shape index (κ2) is 4.60. The van der Waals surface area contributed by atoms with E-state index in [1.807, 2.05) is 25.2 Å². The Morgan fingerprint density at radius 3 is 2.84 bits per heavy atom. The molecule has 1 saturated carbocycles. The van der Waals surface area contributed by atoms with Gasteiger partial charge in [-0.25, -0.2) is 0 Å². The molecule has 1 heterocycles. The Balaban J connectivity index is 1.75. The van der Waals surface area contributed by atoms with Crippen LogP contribution in [0.4, 0.5) is 0 Å². The number of benzene rings is 1. The topological polar surface area (TPSA) is 39.7 Å². The van der Waals surface area contributed by atoms with Crippen molar-refractivity contribution in [3.05, 3.63) is 18.2 Å². The third-order valence-electron chi connectivity index (χ3n) is 4.23. The van der Waals surface area contributed by atoms with Crippen molar-refractivity contribution in [2.75, 3.05) is 13.8 Å². The Morgan fingerprint density at radius 2 is 2.05 bits per heavy atom. The maximum atomic E-state index is 6.14. The summed E-state index contributed by atoms with van der Waals surface area (Å²) in [6.45, 7) is 4.88. The molecule has 1 aliphatic heterocycles. The first kappa shape index (κ1) is 12.6. The number of likely N-dealkylation sites (N-methyl/N-ethyl adjacent to an activating group) is 1. The van der Waals surface area contributed by atoms with Crippen molar-refractivity contribution < 1.29 is 14.2 Å². The molecule has 1 aliphatic carbocycles. The number of hydrogen-bond donors (Lipinski definition) is 1. The van der Waals surface area contributed by atoms with Gasteiger partial charge in [-0.2, -0.15) is 0 Å². The Bertz CT molecular complexity index is 472. The quantitative estimate of drug-likeness (QED) is 0.910. The van der Waals surface area contributed by atoms with Crippen molar-refractivity contribution in [3.8, 4) is 17.2 Å². The minimum Gasteiger partial charge on any atom is -0.489 e. The molecule has 19 heavy (non-hydrogen) atoms. The molecule has 2 unspecified atom stereocenters. The second-order valence-corrected chi connectivity index (χ2v) is 5.96. The number of nitrogens with one attached hydrogen (secondary N) is 1. The summed E-state index contributed by atoms with van der Waals surface area (Å²) in [7, 11) is 2.01. The lowest BCUT2D eigenvalue weighted by Gasteiger charge is -2.30. The summed E-state index contributed by atoms with van der Waals surface area (Å²) in [5, 5.41) is 3.40. The Labute approximate surface area is 114 Å². The van der Waals surface area contributed by atoms with E-state index < -0.39 is 0 Å². The van der Waals surface area contributed by atoms with E-state index in [2.05, 4.69) is 19.2 Å². The summed E-state index contributed by atoms with van der Waals surface area (Å²) in [4.78, 5) is 0. The van der Waals surface area contributed by atoms with E-state index in [0.717, 1.165) is 23.7 Å². The minimum atomic E-state index is 0.209. The fourth-order valence-electron chi connectivity index (χ4n) is 3.17. The molecule has 1 aromatic rings. The molecule has 0 spiro atoms. The monoisotopic (exact) mass is 263 g/mol. The van der Waals surface area contributed by atoms with E-state index in [4.69, 9.17) is 14.2 Å². The van der Waals surface area contributed by atoms with Crippen LogP contribution in [0.5, 0.6) is 17.2 Å². The van der Waals surface area contributed by atoms with Crippen LogP contribution in [0.15, 0.2) is 18.2 Å². The van der Waals surface area contributed by atoms with Crippen molar-refractivity contribution in [2.45, 2.75) is 38.8 Å². The lowest BCUT2D eigenvalue weighted by atomic mass is 9.87. The molecule has 1 N–H and O–H groups in total. The van der Waals surface area contributed by atoms with Gasteiger partial charge in [0.1, 0.15) is 11.9 Å². The van der Waals surface area contributed by atoms with E-state index in [1.54, 1.807) is 0 Å². The summed E-state index contributed by atoms with van der Waals surface area (Å²) < 4.78 is 16.8. The molecule has 104 valence electrons. The van der Waals surface area contributed by atoms with E-state index in [1.165, 1.54) is 6.42 Å². The zero-order valence-corrected chi connectivity index (χ0v) is 11.7. The SMILES string of the molecule is CNC1C(Oc2ccc3c(c2)OCO3)CCC1(C)C. The second-order valence-electron chi connectivity index (χ2n) is 5.96. The number of fused-ring (bicyclic) bond motifs is 1. The first-order chi connectivity index (χ1) is 9.10. The van der Waals surface area contributed by atoms with Gasteiger partial charge in [-0.15, -0.1) is 0 Å². The molecule has 3 rings (SSSR count). The van der Waals surface area contributed by atoms with E-state index in [-0.39, 0.29) is 11.5 Å². The number of ether oxygens (including phenoxy) is 3. The van der Waals surface area contributed by atoms with Gasteiger partial charge in [0.15, 0.2) is 11.5 Å². The van der Waals surface area contributed by atoms with E-state index in [9.17, 15) is 0 Å². The Morgan fingerprint density at radius 1 is 1.26 bits per heavy atom. The van der Waals surface area contributed by atoms with Gasteiger partial charge in [-0.05, 0) is 37.4 Å². The average molecular weight is 263 g/mol. The maximum absolute atomic E-state index is 6.14. The van der Waals surface area contributed by atoms with Gasteiger partial charge in [-0.1, -0.05) is 13.8 Å². The van der Waals surface area contributed by atoms with Crippen molar-refractivity contribution >= 4 is 0 Å². The summed E-state index contributed by atoms with van der Waals surface area (Å²) >= 11 is 0. The third kappa shape index (κ3) is 2.25. The molecular weight excluding hydrogens is 242 g/mol. The fourth-order valence-corrected chi connectivity index (χ4v) is 3.17. The molecule has 0 saturated heterocycles. The van der Waals surface area contributed by atoms with Gasteiger partial charge in [-0.3, -0.25) is 0 Å². The lowest BCUT2D eigenvalue weighted by Crippen LogP contribution is -2.44. The van der Waals surface area contributed by atoms with Gasteiger partial charge < -0.3 is 19.5 Å². The van der Waals surface area contributed by atoms with Crippen LogP contribution < -0.4 is 19.5 Å². The highest BCUT2D eigenvalue weighted by molar-refractivity contribution is 5.47. The highest BCUT2D eigenvalue weighted by atomic mass is 16.7.